The van der Waals surface area contributed by atoms with Crippen molar-refractivity contribution in [3.8, 4) is 22.7 Å². The maximum atomic E-state index is 9.83. The number of hydrogen-bond acceptors (Lipinski definition) is 5. The van der Waals surface area contributed by atoms with E-state index in [9.17, 15) is 5.11 Å². The molecule has 1 aliphatic carbocycles. The molecule has 0 spiro atoms. The normalized spacial score (nSPS) is 19.5. The summed E-state index contributed by atoms with van der Waals surface area (Å²) in [5.74, 6) is 1.48. The molecule has 1 saturated carbocycles. The van der Waals surface area contributed by atoms with E-state index in [1.165, 1.54) is 18.4 Å². The van der Waals surface area contributed by atoms with E-state index in [1.54, 1.807) is 4.68 Å². The first-order valence-corrected chi connectivity index (χ1v) is 12.1. The average Bonchev–Trinajstić information content (AvgIpc) is 3.52. The van der Waals surface area contributed by atoms with Crippen LogP contribution in [0.1, 0.15) is 45.1 Å². The third kappa shape index (κ3) is 5.12. The van der Waals surface area contributed by atoms with Crippen molar-refractivity contribution in [1.29, 1.82) is 0 Å². The Morgan fingerprint density at radius 2 is 1.91 bits per heavy atom. The number of piperidine rings is 1. The van der Waals surface area contributed by atoms with Crippen molar-refractivity contribution in [2.75, 3.05) is 19.7 Å². The molecule has 3 aromatic rings. The van der Waals surface area contributed by atoms with Crippen molar-refractivity contribution in [3.05, 3.63) is 60.3 Å². The van der Waals surface area contributed by atoms with Crippen LogP contribution in [0.5, 0.6) is 5.75 Å². The van der Waals surface area contributed by atoms with Gasteiger partial charge in [0, 0.05) is 30.8 Å². The number of para-hydroxylation sites is 1. The fourth-order valence-corrected chi connectivity index (χ4v) is 4.63. The van der Waals surface area contributed by atoms with Crippen molar-refractivity contribution in [2.24, 2.45) is 11.3 Å². The van der Waals surface area contributed by atoms with Gasteiger partial charge in [0.05, 0.1) is 18.0 Å². The molecule has 1 aliphatic heterocycles. The molecule has 2 heterocycles. The number of aromatic nitrogens is 3. The maximum Gasteiger partial charge on any atom is 0.124 e. The Hall–Kier alpha value is -2.70. The Balaban J connectivity index is 1.36. The predicted octanol–water partition coefficient (Wildman–Crippen LogP) is 4.71. The predicted molar refractivity (Wildman–Crippen MR) is 129 cm³/mol. The zero-order valence-corrected chi connectivity index (χ0v) is 19.7. The molecule has 0 unspecified atom stereocenters. The number of rotatable bonds is 8. The third-order valence-electron chi connectivity index (χ3n) is 7.11. The number of benzene rings is 2. The molecular weight excluding hydrogens is 412 g/mol. The zero-order valence-electron chi connectivity index (χ0n) is 19.7. The smallest absolute Gasteiger partial charge is 0.124 e. The van der Waals surface area contributed by atoms with Crippen molar-refractivity contribution in [1.82, 2.24) is 19.9 Å². The number of likely N-dealkylation sites (tertiary alicyclic amines) is 1. The van der Waals surface area contributed by atoms with Gasteiger partial charge in [-0.05, 0) is 61.8 Å². The molecule has 6 heteroatoms. The second-order valence-corrected chi connectivity index (χ2v) is 10.2. The Bertz CT molecular complexity index is 1070. The van der Waals surface area contributed by atoms with Gasteiger partial charge >= 0.3 is 0 Å². The third-order valence-corrected chi connectivity index (χ3v) is 7.11. The van der Waals surface area contributed by atoms with Crippen LogP contribution in [0.4, 0.5) is 0 Å². The SMILES string of the molecule is CC(C)(CO)[C@H]1CCCN(Cc2ccc(-c3cn(-c4ccccc4)nn3)cc2OC2CC2)C1. The summed E-state index contributed by atoms with van der Waals surface area (Å²) in [6.07, 6.45) is 6.92. The molecule has 2 aromatic carbocycles. The molecule has 33 heavy (non-hydrogen) atoms. The van der Waals surface area contributed by atoms with Crippen LogP contribution >= 0.6 is 0 Å². The van der Waals surface area contributed by atoms with Gasteiger partial charge in [0.1, 0.15) is 11.4 Å². The summed E-state index contributed by atoms with van der Waals surface area (Å²) in [4.78, 5) is 2.52. The molecule has 6 nitrogen and oxygen atoms in total. The summed E-state index contributed by atoms with van der Waals surface area (Å²) >= 11 is 0. The first kappa shape index (κ1) is 22.1. The Kier molecular flexibility index (Phi) is 6.21. The van der Waals surface area contributed by atoms with Gasteiger partial charge in [0.25, 0.3) is 0 Å². The van der Waals surface area contributed by atoms with Gasteiger partial charge in [-0.15, -0.1) is 5.10 Å². The van der Waals surface area contributed by atoms with Crippen LogP contribution in [-0.4, -0.2) is 50.8 Å². The lowest BCUT2D eigenvalue weighted by molar-refractivity contribution is 0.0379. The summed E-state index contributed by atoms with van der Waals surface area (Å²) in [7, 11) is 0. The van der Waals surface area contributed by atoms with E-state index in [0.717, 1.165) is 55.2 Å². The van der Waals surface area contributed by atoms with E-state index >= 15 is 0 Å². The van der Waals surface area contributed by atoms with Crippen molar-refractivity contribution in [2.45, 2.75) is 52.2 Å². The second-order valence-electron chi connectivity index (χ2n) is 10.2. The average molecular weight is 447 g/mol. The quantitative estimate of drug-likeness (QED) is 0.543. The fourth-order valence-electron chi connectivity index (χ4n) is 4.63. The zero-order chi connectivity index (χ0) is 22.8. The van der Waals surface area contributed by atoms with Crippen LogP contribution < -0.4 is 4.74 Å². The maximum absolute atomic E-state index is 9.83. The topological polar surface area (TPSA) is 63.4 Å². The first-order valence-electron chi connectivity index (χ1n) is 12.1. The highest BCUT2D eigenvalue weighted by Gasteiger charge is 2.33. The number of ether oxygens (including phenoxy) is 1. The van der Waals surface area contributed by atoms with Crippen LogP contribution in [0.15, 0.2) is 54.7 Å². The summed E-state index contributed by atoms with van der Waals surface area (Å²) < 4.78 is 8.15. The van der Waals surface area contributed by atoms with Crippen molar-refractivity contribution in [3.63, 3.8) is 0 Å². The molecule has 2 fully saturated rings. The summed E-state index contributed by atoms with van der Waals surface area (Å²) in [6.45, 7) is 7.58. The molecular formula is C27H34N4O2. The standard InChI is InChI=1S/C27H34N4O2/c1-27(2,19-32)22-7-6-14-30(17-22)16-21-11-10-20(15-26(21)33-24-12-13-24)25-18-31(29-28-25)23-8-4-3-5-9-23/h3-5,8-11,15,18,22,24,32H,6-7,12-14,16-17,19H2,1-2H3/t22-/m0/s1. The number of aliphatic hydroxyl groups is 1. The number of hydrogen-bond donors (Lipinski definition) is 1. The Morgan fingerprint density at radius 1 is 1.09 bits per heavy atom. The molecule has 1 atom stereocenters. The second kappa shape index (κ2) is 9.27. The molecule has 0 radical (unpaired) electrons. The minimum Gasteiger partial charge on any atom is -0.490 e. The van der Waals surface area contributed by atoms with E-state index in [1.807, 2.05) is 36.5 Å². The first-order chi connectivity index (χ1) is 16.0. The van der Waals surface area contributed by atoms with Gasteiger partial charge in [-0.2, -0.15) is 0 Å². The van der Waals surface area contributed by atoms with Crippen LogP contribution in [0.3, 0.4) is 0 Å². The monoisotopic (exact) mass is 446 g/mol. The number of nitrogens with zero attached hydrogens (tertiary/aromatic N) is 4. The van der Waals surface area contributed by atoms with Gasteiger partial charge in [-0.1, -0.05) is 49.4 Å². The molecule has 5 rings (SSSR count). The minimum atomic E-state index is -0.0412. The van der Waals surface area contributed by atoms with E-state index in [4.69, 9.17) is 4.74 Å². The highest BCUT2D eigenvalue weighted by atomic mass is 16.5. The van der Waals surface area contributed by atoms with Crippen LogP contribution in [0.25, 0.3) is 16.9 Å². The van der Waals surface area contributed by atoms with Gasteiger partial charge in [0.15, 0.2) is 0 Å². The van der Waals surface area contributed by atoms with Crippen LogP contribution in [-0.2, 0) is 6.54 Å². The van der Waals surface area contributed by atoms with Crippen molar-refractivity contribution < 1.29 is 9.84 Å². The lowest BCUT2D eigenvalue weighted by atomic mass is 9.75. The van der Waals surface area contributed by atoms with Crippen LogP contribution in [0.2, 0.25) is 0 Å². The fraction of sp³-hybridized carbons (Fsp3) is 0.481. The van der Waals surface area contributed by atoms with E-state index in [2.05, 4.69) is 47.3 Å². The van der Waals surface area contributed by atoms with Gasteiger partial charge < -0.3 is 9.84 Å². The Labute approximate surface area is 196 Å². The van der Waals surface area contributed by atoms with Gasteiger partial charge in [-0.25, -0.2) is 4.68 Å². The molecule has 1 aromatic heterocycles. The summed E-state index contributed by atoms with van der Waals surface area (Å²) in [5, 5.41) is 18.6. The molecule has 1 saturated heterocycles. The van der Waals surface area contributed by atoms with E-state index < -0.39 is 0 Å². The highest BCUT2D eigenvalue weighted by molar-refractivity contribution is 5.62. The molecule has 1 N–H and O–H groups in total. The molecule has 0 bridgehead atoms. The van der Waals surface area contributed by atoms with E-state index in [0.29, 0.717) is 12.0 Å². The summed E-state index contributed by atoms with van der Waals surface area (Å²) in [5.41, 5.74) is 4.04. The number of aliphatic hydroxyl groups excluding tert-OH is 1. The van der Waals surface area contributed by atoms with Gasteiger partial charge in [0.2, 0.25) is 0 Å². The highest BCUT2D eigenvalue weighted by Crippen LogP contribution is 2.36. The van der Waals surface area contributed by atoms with Gasteiger partial charge in [-0.3, -0.25) is 4.90 Å². The minimum absolute atomic E-state index is 0.0412. The summed E-state index contributed by atoms with van der Waals surface area (Å²) in [6, 6.07) is 16.5. The van der Waals surface area contributed by atoms with E-state index in [-0.39, 0.29) is 12.0 Å². The van der Waals surface area contributed by atoms with Crippen LogP contribution in [0, 0.1) is 11.3 Å². The lowest BCUT2D eigenvalue weighted by Gasteiger charge is -2.40. The lowest BCUT2D eigenvalue weighted by Crippen LogP contribution is -2.42. The van der Waals surface area contributed by atoms with Crippen molar-refractivity contribution >= 4 is 0 Å². The Morgan fingerprint density at radius 3 is 2.67 bits per heavy atom. The molecule has 2 aliphatic rings. The molecule has 174 valence electrons. The largest absolute Gasteiger partial charge is 0.490 e. The molecule has 0 amide bonds.